The molecule has 0 aliphatic rings. The van der Waals surface area contributed by atoms with E-state index in [-0.39, 0.29) is 18.2 Å². The summed E-state index contributed by atoms with van der Waals surface area (Å²) in [6.45, 7) is 3.39. The van der Waals surface area contributed by atoms with E-state index in [1.807, 2.05) is 0 Å². The van der Waals surface area contributed by atoms with Gasteiger partial charge in [0.25, 0.3) is 0 Å². The summed E-state index contributed by atoms with van der Waals surface area (Å²) in [6.07, 6.45) is 0. The van der Waals surface area contributed by atoms with Crippen molar-refractivity contribution in [1.82, 2.24) is 4.98 Å². The molecule has 1 aromatic heterocycles. The summed E-state index contributed by atoms with van der Waals surface area (Å²) in [6, 6.07) is 0.773. The molecule has 0 radical (unpaired) electrons. The molecule has 2 N–H and O–H groups in total. The molecule has 1 aromatic rings. The minimum absolute atomic E-state index is 0.00197. The van der Waals surface area contributed by atoms with Crippen LogP contribution in [0.1, 0.15) is 13.8 Å². The van der Waals surface area contributed by atoms with Crippen LogP contribution in [0.15, 0.2) is 6.07 Å². The second kappa shape index (κ2) is 4.83. The molecule has 0 saturated heterocycles. The first-order valence-electron chi connectivity index (χ1n) is 5.22. The Morgan fingerprint density at radius 2 is 2.00 bits per heavy atom. The van der Waals surface area contributed by atoms with Crippen LogP contribution in [0.5, 0.6) is 0 Å². The molecule has 6 heteroatoms. The summed E-state index contributed by atoms with van der Waals surface area (Å²) in [5.41, 5.74) is -0.989. The highest BCUT2D eigenvalue weighted by Gasteiger charge is 2.20. The first-order valence-corrected chi connectivity index (χ1v) is 5.22. The van der Waals surface area contributed by atoms with E-state index in [0.29, 0.717) is 0 Å². The Morgan fingerprint density at radius 3 is 2.47 bits per heavy atom. The Balaban J connectivity index is 3.05. The van der Waals surface area contributed by atoms with E-state index in [4.69, 9.17) is 0 Å². The molecule has 0 aromatic carbocycles. The normalized spacial score (nSPS) is 11.5. The van der Waals surface area contributed by atoms with Crippen molar-refractivity contribution in [2.45, 2.75) is 19.4 Å². The standard InChI is InChI=1S/C11H17F2N3O/c1-11(2,17)6-16(4)10-8(13)5-7(12)9(14-3)15-10/h5,17H,6H2,1-4H3,(H,14,15). The lowest BCUT2D eigenvalue weighted by atomic mass is 10.1. The number of nitrogens with zero attached hydrogens (tertiary/aromatic N) is 2. The monoisotopic (exact) mass is 245 g/mol. The molecule has 0 unspecified atom stereocenters. The predicted octanol–water partition coefficient (Wildman–Crippen LogP) is 1.61. The molecule has 0 aliphatic carbocycles. The van der Waals surface area contributed by atoms with Gasteiger partial charge in [0.2, 0.25) is 0 Å². The summed E-state index contributed by atoms with van der Waals surface area (Å²) in [5.74, 6) is -1.53. The highest BCUT2D eigenvalue weighted by atomic mass is 19.1. The molecular weight excluding hydrogens is 228 g/mol. The first-order chi connectivity index (χ1) is 7.74. The minimum Gasteiger partial charge on any atom is -0.389 e. The van der Waals surface area contributed by atoms with Crippen LogP contribution in [0.4, 0.5) is 20.4 Å². The number of nitrogens with one attached hydrogen (secondary N) is 1. The third-order valence-electron chi connectivity index (χ3n) is 2.13. The smallest absolute Gasteiger partial charge is 0.168 e. The van der Waals surface area contributed by atoms with Crippen LogP contribution in [-0.4, -0.2) is 36.3 Å². The van der Waals surface area contributed by atoms with Gasteiger partial charge in [0, 0.05) is 26.7 Å². The lowest BCUT2D eigenvalue weighted by molar-refractivity contribution is 0.0883. The average Bonchev–Trinajstić information content (AvgIpc) is 2.14. The summed E-state index contributed by atoms with van der Waals surface area (Å²) >= 11 is 0. The van der Waals surface area contributed by atoms with Crippen LogP contribution >= 0.6 is 0 Å². The maximum absolute atomic E-state index is 13.5. The molecule has 0 aliphatic heterocycles. The van der Waals surface area contributed by atoms with Crippen molar-refractivity contribution in [1.29, 1.82) is 0 Å². The fourth-order valence-electron chi connectivity index (χ4n) is 1.56. The first kappa shape index (κ1) is 13.6. The fraction of sp³-hybridized carbons (Fsp3) is 0.545. The van der Waals surface area contributed by atoms with E-state index < -0.39 is 17.2 Å². The lowest BCUT2D eigenvalue weighted by Gasteiger charge is -2.26. The molecule has 0 saturated carbocycles. The van der Waals surface area contributed by atoms with Gasteiger partial charge in [-0.25, -0.2) is 13.8 Å². The number of likely N-dealkylation sites (N-methyl/N-ethyl adjacent to an activating group) is 1. The van der Waals surface area contributed by atoms with E-state index in [9.17, 15) is 13.9 Å². The summed E-state index contributed by atoms with van der Waals surface area (Å²) in [4.78, 5) is 5.27. The van der Waals surface area contributed by atoms with Crippen LogP contribution in [-0.2, 0) is 0 Å². The van der Waals surface area contributed by atoms with Crippen LogP contribution in [0.3, 0.4) is 0 Å². The zero-order valence-electron chi connectivity index (χ0n) is 10.4. The Kier molecular flexibility index (Phi) is 3.87. The third kappa shape index (κ3) is 3.52. The van der Waals surface area contributed by atoms with Crippen LogP contribution in [0.25, 0.3) is 0 Å². The Labute approximate surface area is 99.3 Å². The third-order valence-corrected chi connectivity index (χ3v) is 2.13. The largest absolute Gasteiger partial charge is 0.389 e. The number of rotatable bonds is 4. The maximum Gasteiger partial charge on any atom is 0.168 e. The second-order valence-electron chi connectivity index (χ2n) is 4.54. The van der Waals surface area contributed by atoms with E-state index >= 15 is 0 Å². The van der Waals surface area contributed by atoms with Gasteiger partial charge in [-0.15, -0.1) is 0 Å². The molecule has 0 spiro atoms. The summed E-state index contributed by atoms with van der Waals surface area (Å²) < 4.78 is 26.7. The van der Waals surface area contributed by atoms with Gasteiger partial charge in [-0.05, 0) is 13.8 Å². The SMILES string of the molecule is CNc1nc(N(C)CC(C)(C)O)c(F)cc1F. The van der Waals surface area contributed by atoms with Crippen molar-refractivity contribution in [2.75, 3.05) is 30.9 Å². The Morgan fingerprint density at radius 1 is 1.41 bits per heavy atom. The van der Waals surface area contributed by atoms with Gasteiger partial charge < -0.3 is 15.3 Å². The molecular formula is C11H17F2N3O. The van der Waals surface area contributed by atoms with Gasteiger partial charge in [-0.3, -0.25) is 0 Å². The highest BCUT2D eigenvalue weighted by molar-refractivity contribution is 5.48. The zero-order chi connectivity index (χ0) is 13.2. The predicted molar refractivity (Wildman–Crippen MR) is 63.3 cm³/mol. The molecule has 0 atom stereocenters. The Bertz CT molecular complexity index is 404. The van der Waals surface area contributed by atoms with Crippen LogP contribution in [0, 0.1) is 11.6 Å². The van der Waals surface area contributed by atoms with Gasteiger partial charge in [0.1, 0.15) is 0 Å². The summed E-state index contributed by atoms with van der Waals surface area (Å²) in [7, 11) is 3.09. The van der Waals surface area contributed by atoms with E-state index in [1.165, 1.54) is 11.9 Å². The molecule has 17 heavy (non-hydrogen) atoms. The molecule has 0 amide bonds. The zero-order valence-corrected chi connectivity index (χ0v) is 10.4. The van der Waals surface area contributed by atoms with Crippen molar-refractivity contribution in [2.24, 2.45) is 0 Å². The van der Waals surface area contributed by atoms with Crippen molar-refractivity contribution >= 4 is 11.6 Å². The highest BCUT2D eigenvalue weighted by Crippen LogP contribution is 2.22. The topological polar surface area (TPSA) is 48.4 Å². The number of anilines is 2. The van der Waals surface area contributed by atoms with Crippen molar-refractivity contribution in [3.05, 3.63) is 17.7 Å². The Hall–Kier alpha value is -1.43. The van der Waals surface area contributed by atoms with Gasteiger partial charge in [-0.1, -0.05) is 0 Å². The van der Waals surface area contributed by atoms with Crippen LogP contribution in [0.2, 0.25) is 0 Å². The average molecular weight is 245 g/mol. The van der Waals surface area contributed by atoms with E-state index in [1.54, 1.807) is 20.9 Å². The number of hydrogen-bond donors (Lipinski definition) is 2. The van der Waals surface area contributed by atoms with Crippen molar-refractivity contribution in [3.8, 4) is 0 Å². The molecule has 0 bridgehead atoms. The van der Waals surface area contributed by atoms with E-state index in [0.717, 1.165) is 6.07 Å². The number of hydrogen-bond acceptors (Lipinski definition) is 4. The van der Waals surface area contributed by atoms with Crippen molar-refractivity contribution in [3.63, 3.8) is 0 Å². The molecule has 96 valence electrons. The number of aromatic nitrogens is 1. The molecule has 1 heterocycles. The van der Waals surface area contributed by atoms with Crippen molar-refractivity contribution < 1.29 is 13.9 Å². The molecule has 1 rings (SSSR count). The van der Waals surface area contributed by atoms with Gasteiger partial charge in [0.15, 0.2) is 23.3 Å². The minimum atomic E-state index is -0.989. The van der Waals surface area contributed by atoms with Gasteiger partial charge >= 0.3 is 0 Å². The molecule has 0 fully saturated rings. The quantitative estimate of drug-likeness (QED) is 0.846. The van der Waals surface area contributed by atoms with Crippen LogP contribution < -0.4 is 10.2 Å². The summed E-state index contributed by atoms with van der Waals surface area (Å²) in [5, 5.41) is 12.2. The fourth-order valence-corrected chi connectivity index (χ4v) is 1.56. The lowest BCUT2D eigenvalue weighted by Crippen LogP contribution is -2.37. The number of pyridine rings is 1. The molecule has 4 nitrogen and oxygen atoms in total. The van der Waals surface area contributed by atoms with Gasteiger partial charge in [0.05, 0.1) is 5.60 Å². The van der Waals surface area contributed by atoms with E-state index in [2.05, 4.69) is 10.3 Å². The van der Waals surface area contributed by atoms with Gasteiger partial charge in [-0.2, -0.15) is 0 Å². The number of aliphatic hydroxyl groups is 1. The second-order valence-corrected chi connectivity index (χ2v) is 4.54. The maximum atomic E-state index is 13.5. The number of halogens is 2.